The zero-order valence-corrected chi connectivity index (χ0v) is 19.9. The highest BCUT2D eigenvalue weighted by atomic mass is 35.5. The molecule has 35 heavy (non-hydrogen) atoms. The third-order valence-corrected chi connectivity index (χ3v) is 6.53. The molecular weight excluding hydrogens is 476 g/mol. The minimum Gasteiger partial charge on any atom is -0.482 e. The lowest BCUT2D eigenvalue weighted by Crippen LogP contribution is -2.21. The first-order chi connectivity index (χ1) is 16.9. The summed E-state index contributed by atoms with van der Waals surface area (Å²) in [7, 11) is 0. The fraction of sp³-hybridized carbons (Fsp3) is 0.333. The van der Waals surface area contributed by atoms with Gasteiger partial charge in [0.2, 0.25) is 0 Å². The second kappa shape index (κ2) is 9.15. The molecule has 0 spiro atoms. The third-order valence-electron chi connectivity index (χ3n) is 6.25. The highest BCUT2D eigenvalue weighted by molar-refractivity contribution is 6.34. The van der Waals surface area contributed by atoms with Gasteiger partial charge in [0, 0.05) is 48.7 Å². The Bertz CT molecular complexity index is 1420. The van der Waals surface area contributed by atoms with Gasteiger partial charge >= 0.3 is 0 Å². The fourth-order valence-corrected chi connectivity index (χ4v) is 4.56. The summed E-state index contributed by atoms with van der Waals surface area (Å²) in [5.41, 5.74) is 4.69. The molecule has 0 aliphatic carbocycles. The van der Waals surface area contributed by atoms with Crippen LogP contribution in [-0.2, 0) is 13.0 Å². The van der Waals surface area contributed by atoms with Crippen molar-refractivity contribution in [2.24, 2.45) is 0 Å². The number of alkyl halides is 2. The maximum Gasteiger partial charge on any atom is 0.265 e. The van der Waals surface area contributed by atoms with Crippen LogP contribution in [0, 0.1) is 18.4 Å². The topological polar surface area (TPSA) is 84.3 Å². The van der Waals surface area contributed by atoms with Gasteiger partial charge in [-0.05, 0) is 37.6 Å². The molecule has 1 aliphatic rings. The second-order valence-electron chi connectivity index (χ2n) is 8.44. The van der Waals surface area contributed by atoms with Crippen LogP contribution in [0.3, 0.4) is 0 Å². The number of halogens is 3. The highest BCUT2D eigenvalue weighted by Crippen LogP contribution is 2.36. The van der Waals surface area contributed by atoms with Gasteiger partial charge in [-0.15, -0.1) is 0 Å². The van der Waals surface area contributed by atoms with Crippen LogP contribution in [0.15, 0.2) is 36.8 Å². The molecule has 4 aromatic rings. The summed E-state index contributed by atoms with van der Waals surface area (Å²) >= 11 is 6.41. The van der Waals surface area contributed by atoms with E-state index in [2.05, 4.69) is 16.3 Å². The van der Waals surface area contributed by atoms with Gasteiger partial charge in [-0.1, -0.05) is 11.6 Å². The Morgan fingerprint density at radius 1 is 1.20 bits per heavy atom. The van der Waals surface area contributed by atoms with Crippen molar-refractivity contribution in [2.45, 2.75) is 39.3 Å². The number of fused-ring (bicyclic) bond motifs is 2. The molecule has 180 valence electrons. The average Bonchev–Trinajstić information content (AvgIpc) is 3.30. The number of pyridine rings is 2. The van der Waals surface area contributed by atoms with E-state index in [1.54, 1.807) is 22.5 Å². The fourth-order valence-electron chi connectivity index (χ4n) is 4.33. The molecule has 0 fully saturated rings. The maximum atomic E-state index is 12.9. The molecule has 4 aromatic heterocycles. The molecule has 0 bridgehead atoms. The summed E-state index contributed by atoms with van der Waals surface area (Å²) in [5.74, 6) is 0.482. The number of aromatic nitrogens is 5. The summed E-state index contributed by atoms with van der Waals surface area (Å²) in [5, 5.41) is 18.8. The van der Waals surface area contributed by atoms with Gasteiger partial charge in [-0.2, -0.15) is 15.5 Å². The Labute approximate surface area is 205 Å². The van der Waals surface area contributed by atoms with E-state index in [-0.39, 0.29) is 5.56 Å². The first kappa shape index (κ1) is 23.1. The molecule has 0 saturated heterocycles. The van der Waals surface area contributed by atoms with E-state index >= 15 is 0 Å². The minimum absolute atomic E-state index is 0.142. The van der Waals surface area contributed by atoms with Gasteiger partial charge in [0.15, 0.2) is 6.19 Å². The van der Waals surface area contributed by atoms with Crippen molar-refractivity contribution in [3.05, 3.63) is 64.3 Å². The second-order valence-corrected chi connectivity index (χ2v) is 8.84. The Morgan fingerprint density at radius 2 is 2.03 bits per heavy atom. The molecule has 8 nitrogen and oxygen atoms in total. The average molecular weight is 498 g/mol. The smallest absolute Gasteiger partial charge is 0.265 e. The first-order valence-electron chi connectivity index (χ1n) is 11.1. The summed E-state index contributed by atoms with van der Waals surface area (Å²) < 4.78 is 35.6. The van der Waals surface area contributed by atoms with Crippen molar-refractivity contribution in [3.8, 4) is 23.2 Å². The SMILES string of the molecule is Cc1c(-c2cc(OC(C)c3ccc(C(F)F)cn3)c3c(Cl)cnn3c2)nn2c1CCN(C#N)CC2. The highest BCUT2D eigenvalue weighted by Gasteiger charge is 2.23. The molecule has 11 heteroatoms. The van der Waals surface area contributed by atoms with E-state index in [0.717, 1.165) is 35.1 Å². The normalized spacial score (nSPS) is 14.6. The van der Waals surface area contributed by atoms with Gasteiger partial charge in [-0.3, -0.25) is 9.67 Å². The summed E-state index contributed by atoms with van der Waals surface area (Å²) in [4.78, 5) is 5.88. The van der Waals surface area contributed by atoms with Crippen molar-refractivity contribution in [1.29, 1.82) is 5.26 Å². The molecule has 0 N–H and O–H groups in total. The van der Waals surface area contributed by atoms with E-state index in [4.69, 9.17) is 21.4 Å². The van der Waals surface area contributed by atoms with Crippen LogP contribution in [-0.4, -0.2) is 42.4 Å². The lowest BCUT2D eigenvalue weighted by molar-refractivity contribution is 0.150. The minimum atomic E-state index is -2.58. The van der Waals surface area contributed by atoms with E-state index < -0.39 is 12.5 Å². The van der Waals surface area contributed by atoms with E-state index in [0.29, 0.717) is 41.6 Å². The number of hydrogen-bond acceptors (Lipinski definition) is 6. The number of ether oxygens (including phenoxy) is 1. The van der Waals surface area contributed by atoms with Gasteiger partial charge in [-0.25, -0.2) is 13.3 Å². The summed E-state index contributed by atoms with van der Waals surface area (Å²) in [6.45, 7) is 5.71. The van der Waals surface area contributed by atoms with E-state index in [9.17, 15) is 14.0 Å². The zero-order chi connectivity index (χ0) is 24.7. The molecule has 1 atom stereocenters. The van der Waals surface area contributed by atoms with E-state index in [1.807, 2.05) is 23.9 Å². The van der Waals surface area contributed by atoms with Crippen LogP contribution in [0.25, 0.3) is 16.8 Å². The standard InChI is InChI=1S/C24H22ClF2N7O/c1-14-20-5-6-32(13-28)7-8-33(20)31-22(14)17-9-21(23-18(25)11-30-34(23)12-17)35-15(2)19-4-3-16(10-29-19)24(26)27/h3-4,9-12,15,24H,5-8H2,1-2H3. The molecule has 0 saturated carbocycles. The van der Waals surface area contributed by atoms with Crippen molar-refractivity contribution in [3.63, 3.8) is 0 Å². The monoisotopic (exact) mass is 497 g/mol. The van der Waals surface area contributed by atoms with Crippen LogP contribution in [0.2, 0.25) is 5.02 Å². The molecule has 5 rings (SSSR count). The maximum absolute atomic E-state index is 12.9. The molecular formula is C24H22ClF2N7O. The molecule has 0 amide bonds. The number of rotatable bonds is 5. The van der Waals surface area contributed by atoms with Gasteiger partial charge in [0.25, 0.3) is 6.43 Å². The quantitative estimate of drug-likeness (QED) is 0.362. The predicted octanol–water partition coefficient (Wildman–Crippen LogP) is 4.97. The van der Waals surface area contributed by atoms with Gasteiger partial charge in [0.1, 0.15) is 17.4 Å². The lowest BCUT2D eigenvalue weighted by atomic mass is 10.1. The van der Waals surface area contributed by atoms with Crippen molar-refractivity contribution in [2.75, 3.05) is 13.1 Å². The molecule has 0 radical (unpaired) electrons. The molecule has 5 heterocycles. The van der Waals surface area contributed by atoms with Crippen LogP contribution in [0.5, 0.6) is 5.75 Å². The molecule has 0 aromatic carbocycles. The van der Waals surface area contributed by atoms with Crippen LogP contribution in [0.1, 0.15) is 42.0 Å². The Morgan fingerprint density at radius 3 is 2.74 bits per heavy atom. The van der Waals surface area contributed by atoms with Crippen molar-refractivity contribution in [1.82, 2.24) is 29.3 Å². The Balaban J connectivity index is 1.51. The largest absolute Gasteiger partial charge is 0.482 e. The van der Waals surface area contributed by atoms with E-state index in [1.165, 1.54) is 12.1 Å². The molecule has 1 aliphatic heterocycles. The van der Waals surface area contributed by atoms with Gasteiger partial charge < -0.3 is 9.64 Å². The third kappa shape index (κ3) is 4.28. The van der Waals surface area contributed by atoms with Crippen molar-refractivity contribution >= 4 is 17.1 Å². The summed E-state index contributed by atoms with van der Waals surface area (Å²) in [6, 6.07) is 4.75. The zero-order valence-electron chi connectivity index (χ0n) is 19.1. The van der Waals surface area contributed by atoms with Gasteiger partial charge in [0.05, 0.1) is 29.2 Å². The Kier molecular flexibility index (Phi) is 6.03. The Hall–Kier alpha value is -3.71. The molecule has 1 unspecified atom stereocenters. The first-order valence-corrected chi connectivity index (χ1v) is 11.5. The van der Waals surface area contributed by atoms with Crippen LogP contribution in [0.4, 0.5) is 8.78 Å². The lowest BCUT2D eigenvalue weighted by Gasteiger charge is -2.17. The number of hydrogen-bond donors (Lipinski definition) is 0. The number of nitrogens with zero attached hydrogens (tertiary/aromatic N) is 7. The summed E-state index contributed by atoms with van der Waals surface area (Å²) in [6.07, 6.45) is 4.39. The van der Waals surface area contributed by atoms with Crippen LogP contribution >= 0.6 is 11.6 Å². The van der Waals surface area contributed by atoms with Crippen molar-refractivity contribution < 1.29 is 13.5 Å². The van der Waals surface area contributed by atoms with Crippen LogP contribution < -0.4 is 4.74 Å². The predicted molar refractivity (Wildman–Crippen MR) is 125 cm³/mol. The number of nitriles is 1.